The Labute approximate surface area is 149 Å². The maximum Gasteiger partial charge on any atom is 0.321 e. The molecule has 3 aromatic rings. The van der Waals surface area contributed by atoms with E-state index in [1.54, 1.807) is 35.5 Å². The van der Waals surface area contributed by atoms with Gasteiger partial charge in [-0.15, -0.1) is 0 Å². The van der Waals surface area contributed by atoms with Gasteiger partial charge in [-0.2, -0.15) is 0 Å². The van der Waals surface area contributed by atoms with E-state index in [4.69, 9.17) is 11.6 Å². The van der Waals surface area contributed by atoms with Crippen molar-refractivity contribution in [2.75, 3.05) is 36.4 Å². The van der Waals surface area contributed by atoms with E-state index < -0.39 is 0 Å². The molecule has 128 valence electrons. The molecule has 25 heavy (non-hydrogen) atoms. The molecule has 2 aromatic heterocycles. The number of anilines is 2. The zero-order chi connectivity index (χ0) is 17.2. The van der Waals surface area contributed by atoms with Gasteiger partial charge in [0.05, 0.1) is 5.39 Å². The molecule has 1 saturated heterocycles. The van der Waals surface area contributed by atoms with Crippen LogP contribution in [-0.4, -0.2) is 52.1 Å². The highest BCUT2D eigenvalue weighted by molar-refractivity contribution is 6.30. The van der Waals surface area contributed by atoms with Crippen LogP contribution >= 0.6 is 11.6 Å². The van der Waals surface area contributed by atoms with Crippen molar-refractivity contribution in [1.29, 1.82) is 0 Å². The molecule has 7 nitrogen and oxygen atoms in total. The van der Waals surface area contributed by atoms with Gasteiger partial charge in [-0.3, -0.25) is 0 Å². The number of H-pyrrole nitrogens is 1. The van der Waals surface area contributed by atoms with Crippen LogP contribution in [0.5, 0.6) is 0 Å². The number of carbonyl (C=O) groups excluding carboxylic acids is 1. The first-order valence-electron chi connectivity index (χ1n) is 8.05. The summed E-state index contributed by atoms with van der Waals surface area (Å²) in [5.74, 6) is 0.906. The van der Waals surface area contributed by atoms with Crippen LogP contribution in [0.15, 0.2) is 42.9 Å². The molecule has 2 N–H and O–H groups in total. The lowest BCUT2D eigenvalue weighted by atomic mass is 10.2. The highest BCUT2D eigenvalue weighted by Gasteiger charge is 2.23. The van der Waals surface area contributed by atoms with E-state index in [1.807, 2.05) is 12.3 Å². The molecule has 4 rings (SSSR count). The van der Waals surface area contributed by atoms with Crippen LogP contribution in [-0.2, 0) is 0 Å². The van der Waals surface area contributed by atoms with Crippen molar-refractivity contribution in [2.24, 2.45) is 0 Å². The fourth-order valence-electron chi connectivity index (χ4n) is 2.97. The number of rotatable bonds is 2. The lowest BCUT2D eigenvalue weighted by Crippen LogP contribution is -2.50. The van der Waals surface area contributed by atoms with Crippen LogP contribution in [0.1, 0.15) is 0 Å². The summed E-state index contributed by atoms with van der Waals surface area (Å²) in [5.41, 5.74) is 1.56. The molecule has 1 aliphatic heterocycles. The number of hydrogen-bond acceptors (Lipinski definition) is 4. The summed E-state index contributed by atoms with van der Waals surface area (Å²) in [5, 5.41) is 4.55. The largest absolute Gasteiger partial charge is 0.352 e. The Hall–Kier alpha value is -2.80. The normalized spacial score (nSPS) is 14.8. The number of aromatic amines is 1. The molecule has 1 aromatic carbocycles. The average Bonchev–Trinajstić information content (AvgIpc) is 3.12. The van der Waals surface area contributed by atoms with Crippen LogP contribution in [0.4, 0.5) is 16.3 Å². The first-order chi connectivity index (χ1) is 12.2. The molecule has 3 heterocycles. The Balaban J connectivity index is 1.40. The van der Waals surface area contributed by atoms with Gasteiger partial charge < -0.3 is 20.1 Å². The third kappa shape index (κ3) is 3.23. The molecule has 0 bridgehead atoms. The Morgan fingerprint density at radius 3 is 2.60 bits per heavy atom. The first-order valence-corrected chi connectivity index (χ1v) is 8.43. The second-order valence-electron chi connectivity index (χ2n) is 5.85. The van der Waals surface area contributed by atoms with Crippen molar-refractivity contribution in [1.82, 2.24) is 19.9 Å². The van der Waals surface area contributed by atoms with Gasteiger partial charge in [-0.1, -0.05) is 11.6 Å². The molecule has 1 aliphatic rings. The molecule has 8 heteroatoms. The van der Waals surface area contributed by atoms with E-state index in [-0.39, 0.29) is 6.03 Å². The van der Waals surface area contributed by atoms with E-state index >= 15 is 0 Å². The van der Waals surface area contributed by atoms with Crippen LogP contribution in [0.3, 0.4) is 0 Å². The summed E-state index contributed by atoms with van der Waals surface area (Å²) < 4.78 is 0. The molecule has 0 atom stereocenters. The summed E-state index contributed by atoms with van der Waals surface area (Å²) in [4.78, 5) is 28.1. The van der Waals surface area contributed by atoms with Crippen molar-refractivity contribution < 1.29 is 4.79 Å². The standard InChI is InChI=1S/C17H17ClN6O/c18-12-1-3-13(4-2-12)22-17(25)24-9-7-23(8-10-24)16-14-5-6-19-15(14)20-11-21-16/h1-6,11H,7-10H2,(H,22,25)(H,19,20,21). The van der Waals surface area contributed by atoms with Crippen LogP contribution in [0, 0.1) is 0 Å². The number of halogens is 1. The van der Waals surface area contributed by atoms with Crippen molar-refractivity contribution in [3.8, 4) is 0 Å². The van der Waals surface area contributed by atoms with Crippen molar-refractivity contribution in [2.45, 2.75) is 0 Å². The van der Waals surface area contributed by atoms with Crippen molar-refractivity contribution in [3.63, 3.8) is 0 Å². The lowest BCUT2D eigenvalue weighted by Gasteiger charge is -2.35. The molecule has 0 unspecified atom stereocenters. The zero-order valence-corrected chi connectivity index (χ0v) is 14.2. The third-order valence-electron chi connectivity index (χ3n) is 4.29. The Morgan fingerprint density at radius 2 is 1.84 bits per heavy atom. The van der Waals surface area contributed by atoms with Gasteiger partial charge in [-0.25, -0.2) is 14.8 Å². The van der Waals surface area contributed by atoms with E-state index in [0.29, 0.717) is 18.1 Å². The summed E-state index contributed by atoms with van der Waals surface area (Å²) in [6, 6.07) is 8.97. The van der Waals surface area contributed by atoms with Gasteiger partial charge in [0, 0.05) is 43.1 Å². The second kappa shape index (κ2) is 6.60. The van der Waals surface area contributed by atoms with Crippen molar-refractivity contribution in [3.05, 3.63) is 47.9 Å². The van der Waals surface area contributed by atoms with E-state index in [1.165, 1.54) is 0 Å². The molecule has 0 spiro atoms. The van der Waals surface area contributed by atoms with E-state index in [9.17, 15) is 4.79 Å². The number of amides is 2. The van der Waals surface area contributed by atoms with Gasteiger partial charge in [0.15, 0.2) is 0 Å². The average molecular weight is 357 g/mol. The van der Waals surface area contributed by atoms with E-state index in [0.717, 1.165) is 35.6 Å². The molecule has 0 saturated carbocycles. The monoisotopic (exact) mass is 356 g/mol. The molecular formula is C17H17ClN6O. The smallest absolute Gasteiger partial charge is 0.321 e. The molecule has 0 aliphatic carbocycles. The minimum atomic E-state index is -0.101. The summed E-state index contributed by atoms with van der Waals surface area (Å²) in [7, 11) is 0. The van der Waals surface area contributed by atoms with Gasteiger partial charge >= 0.3 is 6.03 Å². The highest BCUT2D eigenvalue weighted by Crippen LogP contribution is 2.23. The predicted octanol–water partition coefficient (Wildman–Crippen LogP) is 2.97. The first kappa shape index (κ1) is 15.7. The number of nitrogens with zero attached hydrogens (tertiary/aromatic N) is 4. The summed E-state index contributed by atoms with van der Waals surface area (Å²) in [6.45, 7) is 2.72. The zero-order valence-electron chi connectivity index (χ0n) is 13.4. The maximum absolute atomic E-state index is 12.4. The van der Waals surface area contributed by atoms with Crippen molar-refractivity contribution >= 4 is 40.2 Å². The number of fused-ring (bicyclic) bond motifs is 1. The van der Waals surface area contributed by atoms with Crippen LogP contribution in [0.25, 0.3) is 11.0 Å². The highest BCUT2D eigenvalue weighted by atomic mass is 35.5. The number of urea groups is 1. The number of piperazine rings is 1. The quantitative estimate of drug-likeness (QED) is 0.740. The number of nitrogens with one attached hydrogen (secondary N) is 2. The fraction of sp³-hybridized carbons (Fsp3) is 0.235. The number of benzene rings is 1. The Bertz CT molecular complexity index is 886. The summed E-state index contributed by atoms with van der Waals surface area (Å²) in [6.07, 6.45) is 3.42. The number of hydrogen-bond donors (Lipinski definition) is 2. The lowest BCUT2D eigenvalue weighted by molar-refractivity contribution is 0.208. The van der Waals surface area contributed by atoms with Crippen LogP contribution < -0.4 is 10.2 Å². The maximum atomic E-state index is 12.4. The Morgan fingerprint density at radius 1 is 1.08 bits per heavy atom. The van der Waals surface area contributed by atoms with Crippen LogP contribution in [0.2, 0.25) is 5.02 Å². The number of carbonyl (C=O) groups is 1. The van der Waals surface area contributed by atoms with Gasteiger partial charge in [0.1, 0.15) is 17.8 Å². The third-order valence-corrected chi connectivity index (χ3v) is 4.55. The van der Waals surface area contributed by atoms with Gasteiger partial charge in [-0.05, 0) is 30.3 Å². The predicted molar refractivity (Wildman–Crippen MR) is 98.1 cm³/mol. The Kier molecular flexibility index (Phi) is 4.15. The summed E-state index contributed by atoms with van der Waals surface area (Å²) >= 11 is 5.86. The number of aromatic nitrogens is 3. The SMILES string of the molecule is O=C(Nc1ccc(Cl)cc1)N1CCN(c2ncnc3[nH]ccc23)CC1. The molecule has 2 amide bonds. The topological polar surface area (TPSA) is 77.2 Å². The second-order valence-corrected chi connectivity index (χ2v) is 6.28. The molecule has 0 radical (unpaired) electrons. The fourth-order valence-corrected chi connectivity index (χ4v) is 3.09. The minimum absolute atomic E-state index is 0.101. The van der Waals surface area contributed by atoms with Gasteiger partial charge in [0.25, 0.3) is 0 Å². The minimum Gasteiger partial charge on any atom is -0.352 e. The van der Waals surface area contributed by atoms with E-state index in [2.05, 4.69) is 25.2 Å². The molecule has 1 fully saturated rings. The molecular weight excluding hydrogens is 340 g/mol. The van der Waals surface area contributed by atoms with Gasteiger partial charge in [0.2, 0.25) is 0 Å².